The number of ether oxygens (including phenoxy) is 1. The normalized spacial score (nSPS) is 18.0. The van der Waals surface area contributed by atoms with E-state index in [4.69, 9.17) is 4.74 Å². The lowest BCUT2D eigenvalue weighted by molar-refractivity contribution is 0.0626. The molecule has 0 spiro atoms. The molecular weight excluding hydrogens is 297 g/mol. The molecule has 1 aromatic heterocycles. The van der Waals surface area contributed by atoms with Crippen molar-refractivity contribution in [3.63, 3.8) is 0 Å². The van der Waals surface area contributed by atoms with Crippen LogP contribution in [0.25, 0.3) is 0 Å². The molecule has 0 radical (unpaired) electrons. The van der Waals surface area contributed by atoms with E-state index in [0.717, 1.165) is 19.4 Å². The Kier molecular flexibility index (Phi) is 4.60. The number of nitrogens with zero attached hydrogens (tertiary/aromatic N) is 3. The minimum absolute atomic E-state index is 0.0305. The zero-order valence-corrected chi connectivity index (χ0v) is 13.1. The van der Waals surface area contributed by atoms with Gasteiger partial charge >= 0.3 is 0 Å². The van der Waals surface area contributed by atoms with Gasteiger partial charge in [-0.05, 0) is 43.2 Å². The number of likely N-dealkylation sites (tertiary alicyclic amines) is 1. The average Bonchev–Trinajstić information content (AvgIpc) is 3.00. The summed E-state index contributed by atoms with van der Waals surface area (Å²) in [5.41, 5.74) is 0.479. The topological polar surface area (TPSA) is 47.4 Å². The van der Waals surface area contributed by atoms with Crippen molar-refractivity contribution in [3.8, 4) is 5.75 Å². The summed E-state index contributed by atoms with van der Waals surface area (Å²) in [6.45, 7) is 1.94. The number of amides is 1. The summed E-state index contributed by atoms with van der Waals surface area (Å²) in [4.78, 5) is 14.3. The Hall–Kier alpha value is -2.37. The van der Waals surface area contributed by atoms with Gasteiger partial charge in [-0.2, -0.15) is 5.10 Å². The zero-order valence-electron chi connectivity index (χ0n) is 13.1. The maximum absolute atomic E-state index is 12.9. The molecule has 0 aliphatic carbocycles. The molecule has 1 atom stereocenters. The third kappa shape index (κ3) is 3.88. The lowest BCUT2D eigenvalue weighted by Gasteiger charge is -2.32. The first-order valence-corrected chi connectivity index (χ1v) is 7.79. The molecule has 0 saturated carbocycles. The zero-order chi connectivity index (χ0) is 16.2. The lowest BCUT2D eigenvalue weighted by Crippen LogP contribution is -2.41. The van der Waals surface area contributed by atoms with Crippen LogP contribution in [0.1, 0.15) is 23.3 Å². The Balaban J connectivity index is 1.55. The summed E-state index contributed by atoms with van der Waals surface area (Å²) in [5.74, 6) is 0.625. The van der Waals surface area contributed by atoms with E-state index in [-0.39, 0.29) is 17.6 Å². The summed E-state index contributed by atoms with van der Waals surface area (Å²) < 4.78 is 20.2. The van der Waals surface area contributed by atoms with Crippen LogP contribution < -0.4 is 4.74 Å². The molecule has 1 aliphatic rings. The van der Waals surface area contributed by atoms with Gasteiger partial charge in [-0.3, -0.25) is 9.48 Å². The van der Waals surface area contributed by atoms with Crippen molar-refractivity contribution in [2.75, 3.05) is 19.7 Å². The molecule has 1 saturated heterocycles. The van der Waals surface area contributed by atoms with Crippen LogP contribution in [0, 0.1) is 11.7 Å². The van der Waals surface area contributed by atoms with Gasteiger partial charge in [0, 0.05) is 32.3 Å². The van der Waals surface area contributed by atoms with Gasteiger partial charge in [0.1, 0.15) is 17.3 Å². The first-order valence-electron chi connectivity index (χ1n) is 7.79. The van der Waals surface area contributed by atoms with Crippen LogP contribution in [0.5, 0.6) is 5.75 Å². The predicted octanol–water partition coefficient (Wildman–Crippen LogP) is 2.49. The number of aromatic nitrogens is 2. The van der Waals surface area contributed by atoms with E-state index in [9.17, 15) is 9.18 Å². The summed E-state index contributed by atoms with van der Waals surface area (Å²) in [5, 5.41) is 4.17. The Morgan fingerprint density at radius 1 is 1.35 bits per heavy atom. The Morgan fingerprint density at radius 3 is 2.83 bits per heavy atom. The number of benzene rings is 1. The van der Waals surface area contributed by atoms with Crippen LogP contribution >= 0.6 is 0 Å². The van der Waals surface area contributed by atoms with Crippen LogP contribution in [0.4, 0.5) is 4.39 Å². The molecule has 3 rings (SSSR count). The van der Waals surface area contributed by atoms with Crippen molar-refractivity contribution < 1.29 is 13.9 Å². The monoisotopic (exact) mass is 317 g/mol. The summed E-state index contributed by atoms with van der Waals surface area (Å²) in [6.07, 6.45) is 3.75. The van der Waals surface area contributed by atoms with E-state index in [1.165, 1.54) is 12.1 Å². The number of carbonyl (C=O) groups excluding carboxylic acids is 1. The van der Waals surface area contributed by atoms with Crippen LogP contribution in [0.2, 0.25) is 0 Å². The number of halogens is 1. The summed E-state index contributed by atoms with van der Waals surface area (Å²) in [7, 11) is 1.80. The average molecular weight is 317 g/mol. The molecule has 0 N–H and O–H groups in total. The fourth-order valence-electron chi connectivity index (χ4n) is 2.82. The fraction of sp³-hybridized carbons (Fsp3) is 0.412. The van der Waals surface area contributed by atoms with E-state index in [1.807, 2.05) is 4.90 Å². The highest BCUT2D eigenvalue weighted by molar-refractivity contribution is 5.92. The largest absolute Gasteiger partial charge is 0.493 e. The van der Waals surface area contributed by atoms with Gasteiger partial charge in [-0.15, -0.1) is 0 Å². The lowest BCUT2D eigenvalue weighted by atomic mass is 9.98. The summed E-state index contributed by atoms with van der Waals surface area (Å²) >= 11 is 0. The second kappa shape index (κ2) is 6.81. The van der Waals surface area contributed by atoms with Crippen molar-refractivity contribution in [2.45, 2.75) is 12.8 Å². The summed E-state index contributed by atoms with van der Waals surface area (Å²) in [6, 6.07) is 7.74. The number of piperidine rings is 1. The maximum atomic E-state index is 12.9. The fourth-order valence-corrected chi connectivity index (χ4v) is 2.82. The quantitative estimate of drug-likeness (QED) is 0.870. The molecular formula is C17H20FN3O2. The predicted molar refractivity (Wildman–Crippen MR) is 83.7 cm³/mol. The van der Waals surface area contributed by atoms with E-state index in [2.05, 4.69) is 5.10 Å². The van der Waals surface area contributed by atoms with Crippen molar-refractivity contribution in [2.24, 2.45) is 13.0 Å². The molecule has 1 fully saturated rings. The van der Waals surface area contributed by atoms with Crippen LogP contribution in [-0.4, -0.2) is 40.3 Å². The van der Waals surface area contributed by atoms with Gasteiger partial charge in [0.2, 0.25) is 0 Å². The van der Waals surface area contributed by atoms with E-state index >= 15 is 0 Å². The van der Waals surface area contributed by atoms with Crippen LogP contribution in [-0.2, 0) is 7.05 Å². The maximum Gasteiger partial charge on any atom is 0.274 e. The number of carbonyl (C=O) groups is 1. The van der Waals surface area contributed by atoms with Gasteiger partial charge in [0.25, 0.3) is 5.91 Å². The highest BCUT2D eigenvalue weighted by atomic mass is 19.1. The van der Waals surface area contributed by atoms with Gasteiger partial charge in [0.15, 0.2) is 0 Å². The molecule has 1 aliphatic heterocycles. The molecule has 1 amide bonds. The highest BCUT2D eigenvalue weighted by Gasteiger charge is 2.26. The Bertz CT molecular complexity index is 669. The first-order chi connectivity index (χ1) is 11.1. The molecule has 5 nitrogen and oxygen atoms in total. The number of aryl methyl sites for hydroxylation is 1. The third-order valence-corrected chi connectivity index (χ3v) is 4.04. The minimum atomic E-state index is -0.276. The second-order valence-electron chi connectivity index (χ2n) is 5.90. The van der Waals surface area contributed by atoms with Gasteiger partial charge < -0.3 is 9.64 Å². The first kappa shape index (κ1) is 15.5. The Labute approximate surface area is 134 Å². The van der Waals surface area contributed by atoms with E-state index in [1.54, 1.807) is 36.1 Å². The molecule has 6 heteroatoms. The van der Waals surface area contributed by atoms with Gasteiger partial charge in [-0.1, -0.05) is 0 Å². The smallest absolute Gasteiger partial charge is 0.274 e. The molecule has 122 valence electrons. The van der Waals surface area contributed by atoms with Crippen LogP contribution in [0.3, 0.4) is 0 Å². The standard InChI is InChI=1S/C17H20FN3O2/c1-20-10-8-16(19-20)17(22)21-9-2-3-13(11-21)12-23-15-6-4-14(18)5-7-15/h4-8,10,13H,2-3,9,11-12H2,1H3/t13-/m0/s1. The Morgan fingerprint density at radius 2 is 2.13 bits per heavy atom. The number of rotatable bonds is 4. The highest BCUT2D eigenvalue weighted by Crippen LogP contribution is 2.20. The van der Waals surface area contributed by atoms with Gasteiger partial charge in [-0.25, -0.2) is 4.39 Å². The van der Waals surface area contributed by atoms with Crippen LogP contribution in [0.15, 0.2) is 36.5 Å². The SMILES string of the molecule is Cn1ccc(C(=O)N2CCC[C@H](COc3ccc(F)cc3)C2)n1. The number of hydrogen-bond donors (Lipinski definition) is 0. The molecule has 1 aromatic carbocycles. The van der Waals surface area contributed by atoms with Crippen molar-refractivity contribution in [1.29, 1.82) is 0 Å². The van der Waals surface area contributed by atoms with Crippen molar-refractivity contribution in [3.05, 3.63) is 48.0 Å². The molecule has 0 unspecified atom stereocenters. The van der Waals surface area contributed by atoms with Crippen molar-refractivity contribution in [1.82, 2.24) is 14.7 Å². The van der Waals surface area contributed by atoms with E-state index in [0.29, 0.717) is 24.6 Å². The van der Waals surface area contributed by atoms with E-state index < -0.39 is 0 Å². The van der Waals surface area contributed by atoms with Gasteiger partial charge in [0.05, 0.1) is 6.61 Å². The second-order valence-corrected chi connectivity index (χ2v) is 5.90. The molecule has 0 bridgehead atoms. The van der Waals surface area contributed by atoms with Crippen molar-refractivity contribution >= 4 is 5.91 Å². The molecule has 2 heterocycles. The molecule has 23 heavy (non-hydrogen) atoms. The minimum Gasteiger partial charge on any atom is -0.493 e. The third-order valence-electron chi connectivity index (χ3n) is 4.04. The molecule has 2 aromatic rings. The number of hydrogen-bond acceptors (Lipinski definition) is 3.